The Balaban J connectivity index is 0.00000256. The highest BCUT2D eigenvalue weighted by Crippen LogP contribution is 2.30. The number of aromatic nitrogens is 1. The molecule has 0 spiro atoms. The van der Waals surface area contributed by atoms with Gasteiger partial charge in [-0.2, -0.15) is 0 Å². The van der Waals surface area contributed by atoms with Crippen LogP contribution in [0.1, 0.15) is 5.76 Å². The Kier molecular flexibility index (Phi) is 7.47. The summed E-state index contributed by atoms with van der Waals surface area (Å²) in [6, 6.07) is 11.5. The monoisotopic (exact) mass is 471 g/mol. The van der Waals surface area contributed by atoms with Gasteiger partial charge in [-0.25, -0.2) is 9.18 Å². The molecule has 0 bridgehead atoms. The van der Waals surface area contributed by atoms with E-state index in [0.717, 1.165) is 44.0 Å². The molecule has 1 aliphatic rings. The van der Waals surface area contributed by atoms with Crippen molar-refractivity contribution in [2.45, 2.75) is 6.42 Å². The van der Waals surface area contributed by atoms with E-state index in [0.29, 0.717) is 27.9 Å². The first-order chi connectivity index (χ1) is 14.0. The van der Waals surface area contributed by atoms with E-state index in [1.807, 2.05) is 12.1 Å². The number of piperazine rings is 1. The Morgan fingerprint density at radius 2 is 1.73 bits per heavy atom. The van der Waals surface area contributed by atoms with Gasteiger partial charge in [-0.1, -0.05) is 23.2 Å². The van der Waals surface area contributed by atoms with E-state index in [4.69, 9.17) is 27.6 Å². The number of hydrogen-bond donors (Lipinski definition) is 1. The molecule has 1 N–H and O–H groups in total. The molecule has 1 aliphatic heterocycles. The van der Waals surface area contributed by atoms with Gasteiger partial charge in [0.15, 0.2) is 0 Å². The van der Waals surface area contributed by atoms with Crippen LogP contribution >= 0.6 is 35.6 Å². The van der Waals surface area contributed by atoms with Crippen LogP contribution in [0, 0.1) is 5.82 Å². The topological polar surface area (TPSA) is 52.5 Å². The van der Waals surface area contributed by atoms with Crippen molar-refractivity contribution in [1.29, 1.82) is 0 Å². The first-order valence-corrected chi connectivity index (χ1v) is 10.2. The number of anilines is 1. The molecule has 9 heteroatoms. The molecule has 0 amide bonds. The van der Waals surface area contributed by atoms with Crippen molar-refractivity contribution in [2.75, 3.05) is 37.6 Å². The number of rotatable bonds is 5. The number of halogens is 4. The van der Waals surface area contributed by atoms with E-state index in [9.17, 15) is 9.18 Å². The highest BCUT2D eigenvalue weighted by Gasteiger charge is 2.20. The lowest BCUT2D eigenvalue weighted by atomic mass is 10.1. The Hall–Kier alpha value is -1.99. The minimum Gasteiger partial charge on any atom is -0.412 e. The third-order valence-electron chi connectivity index (χ3n) is 5.13. The molecule has 0 unspecified atom stereocenters. The van der Waals surface area contributed by atoms with Crippen LogP contribution in [0.5, 0.6) is 0 Å². The van der Waals surface area contributed by atoms with Gasteiger partial charge in [-0.05, 0) is 42.5 Å². The van der Waals surface area contributed by atoms with Gasteiger partial charge >= 0.3 is 5.76 Å². The van der Waals surface area contributed by atoms with Crippen LogP contribution < -0.4 is 10.7 Å². The zero-order valence-electron chi connectivity index (χ0n) is 16.0. The summed E-state index contributed by atoms with van der Waals surface area (Å²) in [4.78, 5) is 19.0. The molecule has 30 heavy (non-hydrogen) atoms. The van der Waals surface area contributed by atoms with Crippen LogP contribution in [0.2, 0.25) is 10.0 Å². The third-order valence-corrected chi connectivity index (χ3v) is 5.69. The Morgan fingerprint density at radius 3 is 2.43 bits per heavy atom. The molecule has 0 aliphatic carbocycles. The van der Waals surface area contributed by atoms with Gasteiger partial charge in [0.1, 0.15) is 11.6 Å². The summed E-state index contributed by atoms with van der Waals surface area (Å²) in [6.45, 7) is 4.16. The lowest BCUT2D eigenvalue weighted by molar-refractivity contribution is 0.254. The first-order valence-electron chi connectivity index (χ1n) is 9.40. The van der Waals surface area contributed by atoms with Crippen molar-refractivity contribution in [3.63, 3.8) is 0 Å². The number of benzene rings is 2. The molecule has 0 atom stereocenters. The first kappa shape index (κ1) is 22.7. The number of oxazole rings is 1. The summed E-state index contributed by atoms with van der Waals surface area (Å²) in [5.41, 5.74) is 2.29. The second-order valence-corrected chi connectivity index (χ2v) is 7.84. The van der Waals surface area contributed by atoms with Gasteiger partial charge in [0.25, 0.3) is 0 Å². The van der Waals surface area contributed by atoms with Crippen LogP contribution in [-0.4, -0.2) is 42.6 Å². The van der Waals surface area contributed by atoms with Crippen LogP contribution in [-0.2, 0) is 6.42 Å². The normalized spacial score (nSPS) is 14.6. The fourth-order valence-corrected chi connectivity index (χ4v) is 3.99. The van der Waals surface area contributed by atoms with Crippen molar-refractivity contribution in [2.24, 2.45) is 0 Å². The molecule has 2 heterocycles. The molecule has 3 aromatic rings. The number of hydrogen-bond acceptors (Lipinski definition) is 4. The quantitative estimate of drug-likeness (QED) is 0.576. The summed E-state index contributed by atoms with van der Waals surface area (Å²) >= 11 is 12.4. The predicted molar refractivity (Wildman–Crippen MR) is 121 cm³/mol. The molecular weight excluding hydrogens is 452 g/mol. The van der Waals surface area contributed by atoms with Gasteiger partial charge in [0, 0.05) is 49.7 Å². The van der Waals surface area contributed by atoms with Gasteiger partial charge < -0.3 is 9.32 Å². The molecular formula is C21H21Cl3FN3O2. The van der Waals surface area contributed by atoms with Crippen molar-refractivity contribution in [1.82, 2.24) is 9.88 Å². The van der Waals surface area contributed by atoms with Crippen LogP contribution in [0.4, 0.5) is 10.1 Å². The van der Waals surface area contributed by atoms with Crippen LogP contribution in [0.3, 0.4) is 0 Å². The number of nitrogens with one attached hydrogen (secondary N) is 1. The van der Waals surface area contributed by atoms with E-state index in [2.05, 4.69) is 14.8 Å². The van der Waals surface area contributed by atoms with Crippen molar-refractivity contribution < 1.29 is 8.81 Å². The van der Waals surface area contributed by atoms with Gasteiger partial charge in [-0.3, -0.25) is 9.88 Å². The van der Waals surface area contributed by atoms with Crippen molar-refractivity contribution in [3.8, 4) is 11.3 Å². The molecule has 2 aromatic carbocycles. The van der Waals surface area contributed by atoms with Gasteiger partial charge in [-0.15, -0.1) is 12.4 Å². The predicted octanol–water partition coefficient (Wildman–Crippen LogP) is 4.87. The van der Waals surface area contributed by atoms with Crippen molar-refractivity contribution >= 4 is 41.3 Å². The maximum Gasteiger partial charge on any atom is 0.416 e. The molecule has 1 fully saturated rings. The highest BCUT2D eigenvalue weighted by atomic mass is 35.5. The van der Waals surface area contributed by atoms with E-state index in [1.165, 1.54) is 12.1 Å². The summed E-state index contributed by atoms with van der Waals surface area (Å²) in [7, 11) is 0. The lowest BCUT2D eigenvalue weighted by Crippen LogP contribution is -2.47. The second-order valence-electron chi connectivity index (χ2n) is 6.99. The van der Waals surface area contributed by atoms with Crippen LogP contribution in [0.15, 0.2) is 51.7 Å². The minimum atomic E-state index is -0.500. The largest absolute Gasteiger partial charge is 0.416 e. The number of H-pyrrole nitrogens is 1. The zero-order valence-corrected chi connectivity index (χ0v) is 18.4. The summed E-state index contributed by atoms with van der Waals surface area (Å²) in [5.74, 6) is -0.236. The van der Waals surface area contributed by atoms with Gasteiger partial charge in [0.2, 0.25) is 0 Å². The van der Waals surface area contributed by atoms with E-state index >= 15 is 0 Å². The zero-order chi connectivity index (χ0) is 20.4. The summed E-state index contributed by atoms with van der Waals surface area (Å²) in [6.07, 6.45) is 0.587. The number of nitrogens with zero attached hydrogens (tertiary/aromatic N) is 2. The lowest BCUT2D eigenvalue weighted by Gasteiger charge is -2.36. The molecule has 1 aromatic heterocycles. The van der Waals surface area contributed by atoms with Crippen LogP contribution in [0.25, 0.3) is 11.3 Å². The van der Waals surface area contributed by atoms with Gasteiger partial charge in [0.05, 0.1) is 16.4 Å². The van der Waals surface area contributed by atoms with E-state index in [1.54, 1.807) is 18.2 Å². The number of aromatic amines is 1. The van der Waals surface area contributed by atoms with Crippen molar-refractivity contribution in [3.05, 3.63) is 74.6 Å². The highest BCUT2D eigenvalue weighted by molar-refractivity contribution is 6.35. The second kappa shape index (κ2) is 9.88. The maximum absolute atomic E-state index is 13.2. The maximum atomic E-state index is 13.2. The summed E-state index contributed by atoms with van der Waals surface area (Å²) < 4.78 is 18.5. The fraction of sp³-hybridized carbons (Fsp3) is 0.286. The Bertz CT molecular complexity index is 1040. The Morgan fingerprint density at radius 1 is 1.03 bits per heavy atom. The molecule has 160 valence electrons. The third kappa shape index (κ3) is 5.19. The minimum absolute atomic E-state index is 0. The molecule has 1 saturated heterocycles. The standard InChI is InChI=1S/C21H20Cl2FN3O2.ClH/c22-15-3-6-17(23)18(13-15)27-11-9-26(10-12-27)8-7-19-20(25-21(28)29-19)14-1-4-16(24)5-2-14;/h1-6,13H,7-12H2,(H,25,28);1H. The SMILES string of the molecule is Cl.O=c1[nH]c(-c2ccc(F)cc2)c(CCN2CCN(c3cc(Cl)ccc3Cl)CC2)o1. The smallest absolute Gasteiger partial charge is 0.412 e. The Labute approximate surface area is 189 Å². The molecule has 0 saturated carbocycles. The fourth-order valence-electron chi connectivity index (χ4n) is 3.59. The van der Waals surface area contributed by atoms with E-state index in [-0.39, 0.29) is 18.2 Å². The molecule has 5 nitrogen and oxygen atoms in total. The van der Waals surface area contributed by atoms with E-state index < -0.39 is 5.76 Å². The average Bonchev–Trinajstić information content (AvgIpc) is 3.10. The average molecular weight is 473 g/mol. The summed E-state index contributed by atoms with van der Waals surface area (Å²) in [5, 5.41) is 1.36. The molecule has 4 rings (SSSR count). The molecule has 0 radical (unpaired) electrons.